The van der Waals surface area contributed by atoms with Crippen LogP contribution in [0.1, 0.15) is 46.0 Å². The molecule has 4 heteroatoms. The first-order valence-electron chi connectivity index (χ1n) is 5.88. The molecule has 16 heavy (non-hydrogen) atoms. The largest absolute Gasteiger partial charge is 0.481 e. The zero-order chi connectivity index (χ0) is 11.8. The normalized spacial score (nSPS) is 34.9. The Bertz CT molecular complexity index is 324. The van der Waals surface area contributed by atoms with E-state index in [-0.39, 0.29) is 11.5 Å². The SMILES string of the molecule is CCC1CCC2(CC1)OC(=O)C(C)=C(O)O2. The Labute approximate surface area is 95.2 Å². The highest BCUT2D eigenvalue weighted by molar-refractivity contribution is 5.88. The van der Waals surface area contributed by atoms with E-state index in [1.807, 2.05) is 0 Å². The molecule has 90 valence electrons. The molecule has 0 atom stereocenters. The lowest BCUT2D eigenvalue weighted by molar-refractivity contribution is -0.252. The maximum Gasteiger partial charge on any atom is 0.344 e. The third kappa shape index (κ3) is 1.88. The van der Waals surface area contributed by atoms with Crippen molar-refractivity contribution in [1.29, 1.82) is 0 Å². The third-order valence-electron chi connectivity index (χ3n) is 3.63. The molecule has 2 aliphatic rings. The maximum atomic E-state index is 11.5. The number of aliphatic hydroxyl groups excluding tert-OH is 1. The lowest BCUT2D eigenvalue weighted by Gasteiger charge is -2.40. The highest BCUT2D eigenvalue weighted by Gasteiger charge is 2.45. The third-order valence-corrected chi connectivity index (χ3v) is 3.63. The average Bonchev–Trinajstić information content (AvgIpc) is 2.27. The van der Waals surface area contributed by atoms with Crippen molar-refractivity contribution in [2.24, 2.45) is 5.92 Å². The molecule has 1 aliphatic carbocycles. The molecular formula is C12H18O4. The van der Waals surface area contributed by atoms with Crippen LogP contribution in [-0.4, -0.2) is 16.9 Å². The highest BCUT2D eigenvalue weighted by atomic mass is 16.8. The molecule has 0 bridgehead atoms. The summed E-state index contributed by atoms with van der Waals surface area (Å²) >= 11 is 0. The van der Waals surface area contributed by atoms with Gasteiger partial charge in [-0.1, -0.05) is 13.3 Å². The van der Waals surface area contributed by atoms with E-state index < -0.39 is 11.8 Å². The Morgan fingerprint density at radius 1 is 1.38 bits per heavy atom. The lowest BCUT2D eigenvalue weighted by Crippen LogP contribution is -2.44. The van der Waals surface area contributed by atoms with Gasteiger partial charge in [0.2, 0.25) is 0 Å². The standard InChI is InChI=1S/C12H18O4/c1-3-9-4-6-12(7-5-9)15-10(13)8(2)11(14)16-12/h9,13H,3-7H2,1-2H3. The Morgan fingerprint density at radius 2 is 2.00 bits per heavy atom. The maximum absolute atomic E-state index is 11.5. The van der Waals surface area contributed by atoms with Crippen LogP contribution in [0.3, 0.4) is 0 Å². The van der Waals surface area contributed by atoms with E-state index in [9.17, 15) is 9.90 Å². The van der Waals surface area contributed by atoms with Crippen molar-refractivity contribution in [3.8, 4) is 0 Å². The molecule has 2 rings (SSSR count). The van der Waals surface area contributed by atoms with E-state index >= 15 is 0 Å². The smallest absolute Gasteiger partial charge is 0.344 e. The van der Waals surface area contributed by atoms with Gasteiger partial charge in [0.25, 0.3) is 11.7 Å². The van der Waals surface area contributed by atoms with Gasteiger partial charge in [-0.15, -0.1) is 0 Å². The molecule has 0 radical (unpaired) electrons. The van der Waals surface area contributed by atoms with Crippen LogP contribution < -0.4 is 0 Å². The molecule has 1 spiro atoms. The van der Waals surface area contributed by atoms with Crippen LogP contribution >= 0.6 is 0 Å². The van der Waals surface area contributed by atoms with Gasteiger partial charge in [-0.2, -0.15) is 0 Å². The first kappa shape index (κ1) is 11.3. The van der Waals surface area contributed by atoms with Gasteiger partial charge in [-0.25, -0.2) is 4.79 Å². The summed E-state index contributed by atoms with van der Waals surface area (Å²) in [6.07, 6.45) is 4.46. The fourth-order valence-electron chi connectivity index (χ4n) is 2.34. The van der Waals surface area contributed by atoms with Crippen LogP contribution in [0.5, 0.6) is 0 Å². The number of hydrogen-bond donors (Lipinski definition) is 1. The van der Waals surface area contributed by atoms with Gasteiger partial charge in [-0.3, -0.25) is 0 Å². The summed E-state index contributed by atoms with van der Waals surface area (Å²) in [4.78, 5) is 11.5. The monoisotopic (exact) mass is 226 g/mol. The molecule has 1 fully saturated rings. The van der Waals surface area contributed by atoms with Gasteiger partial charge in [-0.05, 0) is 25.7 Å². The minimum atomic E-state index is -0.896. The zero-order valence-corrected chi connectivity index (χ0v) is 9.78. The summed E-state index contributed by atoms with van der Waals surface area (Å²) in [7, 11) is 0. The lowest BCUT2D eigenvalue weighted by atomic mass is 9.83. The quantitative estimate of drug-likeness (QED) is 0.698. The van der Waals surface area contributed by atoms with Crippen molar-refractivity contribution in [3.63, 3.8) is 0 Å². The number of esters is 1. The van der Waals surface area contributed by atoms with Crippen LogP contribution in [0, 0.1) is 5.92 Å². The van der Waals surface area contributed by atoms with Crippen molar-refractivity contribution in [2.45, 2.75) is 51.7 Å². The van der Waals surface area contributed by atoms with E-state index in [2.05, 4.69) is 6.92 Å². The molecule has 0 unspecified atom stereocenters. The second kappa shape index (κ2) is 4.00. The summed E-state index contributed by atoms with van der Waals surface area (Å²) in [6, 6.07) is 0. The first-order chi connectivity index (χ1) is 7.56. The topological polar surface area (TPSA) is 55.8 Å². The molecule has 0 aromatic heterocycles. The molecule has 1 heterocycles. The molecule has 4 nitrogen and oxygen atoms in total. The van der Waals surface area contributed by atoms with E-state index in [1.54, 1.807) is 0 Å². The number of carbonyl (C=O) groups excluding carboxylic acids is 1. The van der Waals surface area contributed by atoms with Crippen molar-refractivity contribution < 1.29 is 19.4 Å². The van der Waals surface area contributed by atoms with Crippen LogP contribution in [0.4, 0.5) is 0 Å². The Hall–Kier alpha value is -1.19. The predicted octanol–water partition coefficient (Wildman–Crippen LogP) is 2.65. The van der Waals surface area contributed by atoms with E-state index in [0.717, 1.165) is 19.3 Å². The van der Waals surface area contributed by atoms with Gasteiger partial charge in [0.15, 0.2) is 0 Å². The number of rotatable bonds is 1. The Balaban J connectivity index is 2.10. The number of ether oxygens (including phenoxy) is 2. The molecular weight excluding hydrogens is 208 g/mol. The molecule has 1 N–H and O–H groups in total. The van der Waals surface area contributed by atoms with E-state index in [0.29, 0.717) is 18.8 Å². The van der Waals surface area contributed by atoms with Crippen molar-refractivity contribution >= 4 is 5.97 Å². The summed E-state index contributed by atoms with van der Waals surface area (Å²) in [6.45, 7) is 3.67. The first-order valence-corrected chi connectivity index (χ1v) is 5.88. The predicted molar refractivity (Wildman–Crippen MR) is 57.5 cm³/mol. The van der Waals surface area contributed by atoms with Gasteiger partial charge in [0.05, 0.1) is 0 Å². The van der Waals surface area contributed by atoms with Crippen LogP contribution in [0.15, 0.2) is 11.5 Å². The number of carbonyl (C=O) groups is 1. The van der Waals surface area contributed by atoms with Gasteiger partial charge in [0.1, 0.15) is 5.57 Å². The van der Waals surface area contributed by atoms with Crippen LogP contribution in [0.2, 0.25) is 0 Å². The van der Waals surface area contributed by atoms with Crippen LogP contribution in [0.25, 0.3) is 0 Å². The minimum absolute atomic E-state index is 0.156. The summed E-state index contributed by atoms with van der Waals surface area (Å²) in [5.74, 6) is -0.946. The molecule has 0 aromatic carbocycles. The number of aliphatic hydroxyl groups is 1. The Morgan fingerprint density at radius 3 is 2.50 bits per heavy atom. The fourth-order valence-corrected chi connectivity index (χ4v) is 2.34. The van der Waals surface area contributed by atoms with E-state index in [4.69, 9.17) is 9.47 Å². The Kier molecular flexibility index (Phi) is 2.82. The number of hydrogen-bond acceptors (Lipinski definition) is 4. The highest BCUT2D eigenvalue weighted by Crippen LogP contribution is 2.40. The summed E-state index contributed by atoms with van der Waals surface area (Å²) in [5.41, 5.74) is 0.156. The average molecular weight is 226 g/mol. The van der Waals surface area contributed by atoms with Gasteiger partial charge >= 0.3 is 5.97 Å². The van der Waals surface area contributed by atoms with Gasteiger partial charge < -0.3 is 14.6 Å². The zero-order valence-electron chi connectivity index (χ0n) is 9.78. The minimum Gasteiger partial charge on any atom is -0.481 e. The molecule has 1 saturated carbocycles. The van der Waals surface area contributed by atoms with Crippen LogP contribution in [-0.2, 0) is 14.3 Å². The van der Waals surface area contributed by atoms with Crippen molar-refractivity contribution in [2.75, 3.05) is 0 Å². The van der Waals surface area contributed by atoms with Gasteiger partial charge in [0, 0.05) is 12.8 Å². The van der Waals surface area contributed by atoms with E-state index in [1.165, 1.54) is 6.92 Å². The second-order valence-electron chi connectivity index (χ2n) is 4.68. The second-order valence-corrected chi connectivity index (χ2v) is 4.68. The molecule has 0 saturated heterocycles. The fraction of sp³-hybridized carbons (Fsp3) is 0.750. The molecule has 1 aliphatic heterocycles. The van der Waals surface area contributed by atoms with Crippen molar-refractivity contribution in [3.05, 3.63) is 11.5 Å². The molecule has 0 amide bonds. The molecule has 0 aromatic rings. The summed E-state index contributed by atoms with van der Waals surface area (Å²) in [5, 5.41) is 9.55. The van der Waals surface area contributed by atoms with Crippen molar-refractivity contribution in [1.82, 2.24) is 0 Å². The summed E-state index contributed by atoms with van der Waals surface area (Å²) < 4.78 is 10.7.